The molecule has 0 unspecified atom stereocenters. The minimum atomic E-state index is -0.405. The van der Waals surface area contributed by atoms with Gasteiger partial charge in [-0.25, -0.2) is 4.98 Å². The Bertz CT molecular complexity index is 565. The van der Waals surface area contributed by atoms with Crippen LogP contribution in [0.3, 0.4) is 0 Å². The highest BCUT2D eigenvalue weighted by atomic mass is 16.7. The Morgan fingerprint density at radius 3 is 2.67 bits per heavy atom. The summed E-state index contributed by atoms with van der Waals surface area (Å²) < 4.78 is 11.0. The number of ether oxygens (including phenoxy) is 2. The Morgan fingerprint density at radius 1 is 1.33 bits per heavy atom. The van der Waals surface area contributed by atoms with Crippen LogP contribution in [0.2, 0.25) is 0 Å². The molecule has 0 bridgehead atoms. The standard InChI is InChI=1S/C13H15N3O2/c1-3-17-13(18-4-2)12-5-9-8-15-10(7-14)6-11(9)16-12/h5-6,8,13,16H,3-4H2,1-2H3. The molecule has 0 fully saturated rings. The Kier molecular flexibility index (Phi) is 3.92. The van der Waals surface area contributed by atoms with Gasteiger partial charge in [0.1, 0.15) is 11.8 Å². The van der Waals surface area contributed by atoms with Crippen molar-refractivity contribution in [1.82, 2.24) is 9.97 Å². The predicted octanol–water partition coefficient (Wildman–Crippen LogP) is 2.51. The molecule has 0 aromatic carbocycles. The molecule has 0 spiro atoms. The largest absolute Gasteiger partial charge is 0.354 e. The monoisotopic (exact) mass is 245 g/mol. The average Bonchev–Trinajstić information content (AvgIpc) is 2.81. The molecule has 0 radical (unpaired) electrons. The second-order valence-corrected chi connectivity index (χ2v) is 3.74. The third-order valence-corrected chi connectivity index (χ3v) is 2.53. The van der Waals surface area contributed by atoms with Crippen LogP contribution in [-0.4, -0.2) is 23.2 Å². The second-order valence-electron chi connectivity index (χ2n) is 3.74. The van der Waals surface area contributed by atoms with E-state index in [0.29, 0.717) is 18.9 Å². The molecule has 0 saturated carbocycles. The lowest BCUT2D eigenvalue weighted by Crippen LogP contribution is -2.08. The van der Waals surface area contributed by atoms with Gasteiger partial charge in [0, 0.05) is 24.8 Å². The molecule has 0 aliphatic heterocycles. The topological polar surface area (TPSA) is 70.9 Å². The van der Waals surface area contributed by atoms with Crippen molar-refractivity contribution in [2.24, 2.45) is 0 Å². The number of fused-ring (bicyclic) bond motifs is 1. The van der Waals surface area contributed by atoms with E-state index >= 15 is 0 Å². The Hall–Kier alpha value is -1.90. The molecular weight excluding hydrogens is 230 g/mol. The summed E-state index contributed by atoms with van der Waals surface area (Å²) in [7, 11) is 0. The van der Waals surface area contributed by atoms with Gasteiger partial charge in [-0.15, -0.1) is 0 Å². The van der Waals surface area contributed by atoms with Crippen LogP contribution in [0.25, 0.3) is 10.9 Å². The van der Waals surface area contributed by atoms with Crippen LogP contribution in [-0.2, 0) is 9.47 Å². The quantitative estimate of drug-likeness (QED) is 0.821. The fraction of sp³-hybridized carbons (Fsp3) is 0.385. The van der Waals surface area contributed by atoms with Crippen molar-refractivity contribution in [3.05, 3.63) is 29.7 Å². The number of pyridine rings is 1. The van der Waals surface area contributed by atoms with E-state index in [1.807, 2.05) is 26.0 Å². The molecule has 2 rings (SSSR count). The van der Waals surface area contributed by atoms with Crippen LogP contribution < -0.4 is 0 Å². The van der Waals surface area contributed by atoms with Crippen molar-refractivity contribution in [2.75, 3.05) is 13.2 Å². The zero-order valence-electron chi connectivity index (χ0n) is 10.4. The van der Waals surface area contributed by atoms with E-state index in [1.54, 1.807) is 12.3 Å². The number of nitrogens with zero attached hydrogens (tertiary/aromatic N) is 2. The predicted molar refractivity (Wildman–Crippen MR) is 66.8 cm³/mol. The first-order valence-corrected chi connectivity index (χ1v) is 5.90. The maximum absolute atomic E-state index is 8.81. The van der Waals surface area contributed by atoms with Gasteiger partial charge < -0.3 is 14.5 Å². The van der Waals surface area contributed by atoms with Crippen LogP contribution in [0.5, 0.6) is 0 Å². The van der Waals surface area contributed by atoms with E-state index in [2.05, 4.69) is 9.97 Å². The third-order valence-electron chi connectivity index (χ3n) is 2.53. The average molecular weight is 245 g/mol. The number of aromatic amines is 1. The maximum atomic E-state index is 8.81. The molecule has 5 heteroatoms. The number of aromatic nitrogens is 2. The number of rotatable bonds is 5. The molecule has 5 nitrogen and oxygen atoms in total. The lowest BCUT2D eigenvalue weighted by Gasteiger charge is -2.15. The first-order chi connectivity index (χ1) is 8.78. The van der Waals surface area contributed by atoms with E-state index in [-0.39, 0.29) is 0 Å². The van der Waals surface area contributed by atoms with Gasteiger partial charge in [-0.05, 0) is 26.0 Å². The molecule has 2 aromatic heterocycles. The molecule has 94 valence electrons. The zero-order chi connectivity index (χ0) is 13.0. The molecule has 2 heterocycles. The summed E-state index contributed by atoms with van der Waals surface area (Å²) in [6.07, 6.45) is 1.26. The van der Waals surface area contributed by atoms with E-state index in [0.717, 1.165) is 16.6 Å². The van der Waals surface area contributed by atoms with E-state index in [9.17, 15) is 0 Å². The molecule has 2 aromatic rings. The summed E-state index contributed by atoms with van der Waals surface area (Å²) in [4.78, 5) is 7.23. The van der Waals surface area contributed by atoms with E-state index < -0.39 is 6.29 Å². The number of H-pyrrole nitrogens is 1. The number of nitrogens with one attached hydrogen (secondary N) is 1. The van der Waals surface area contributed by atoms with E-state index in [1.165, 1.54) is 0 Å². The van der Waals surface area contributed by atoms with Gasteiger partial charge in [0.05, 0.1) is 11.2 Å². The van der Waals surface area contributed by atoms with Gasteiger partial charge in [0.15, 0.2) is 6.29 Å². The summed E-state index contributed by atoms with van der Waals surface area (Å²) >= 11 is 0. The number of nitriles is 1. The van der Waals surface area contributed by atoms with Crippen LogP contribution >= 0.6 is 0 Å². The van der Waals surface area contributed by atoms with Gasteiger partial charge >= 0.3 is 0 Å². The third kappa shape index (κ3) is 2.50. The Balaban J connectivity index is 2.36. The molecule has 0 saturated heterocycles. The van der Waals surface area contributed by atoms with Gasteiger partial charge in [0.25, 0.3) is 0 Å². The summed E-state index contributed by atoms with van der Waals surface area (Å²) in [5.74, 6) is 0. The summed E-state index contributed by atoms with van der Waals surface area (Å²) in [6, 6.07) is 5.66. The number of hydrogen-bond acceptors (Lipinski definition) is 4. The fourth-order valence-corrected chi connectivity index (χ4v) is 1.77. The Morgan fingerprint density at radius 2 is 2.06 bits per heavy atom. The van der Waals surface area contributed by atoms with Crippen molar-refractivity contribution in [2.45, 2.75) is 20.1 Å². The van der Waals surface area contributed by atoms with Crippen molar-refractivity contribution < 1.29 is 9.47 Å². The van der Waals surface area contributed by atoms with Crippen LogP contribution in [0.4, 0.5) is 0 Å². The maximum Gasteiger partial charge on any atom is 0.198 e. The lowest BCUT2D eigenvalue weighted by atomic mass is 10.3. The van der Waals surface area contributed by atoms with Gasteiger partial charge in [-0.3, -0.25) is 0 Å². The highest BCUT2D eigenvalue weighted by molar-refractivity contribution is 5.80. The highest BCUT2D eigenvalue weighted by Gasteiger charge is 2.14. The normalized spacial score (nSPS) is 11.0. The molecule has 0 atom stereocenters. The van der Waals surface area contributed by atoms with Crippen molar-refractivity contribution >= 4 is 10.9 Å². The summed E-state index contributed by atoms with van der Waals surface area (Å²) in [5, 5.41) is 9.74. The van der Waals surface area contributed by atoms with Crippen molar-refractivity contribution in [1.29, 1.82) is 5.26 Å². The smallest absolute Gasteiger partial charge is 0.198 e. The molecule has 0 aliphatic rings. The van der Waals surface area contributed by atoms with E-state index in [4.69, 9.17) is 14.7 Å². The first kappa shape index (κ1) is 12.6. The first-order valence-electron chi connectivity index (χ1n) is 5.90. The van der Waals surface area contributed by atoms with Gasteiger partial charge in [0.2, 0.25) is 0 Å². The van der Waals surface area contributed by atoms with Crippen LogP contribution in [0.1, 0.15) is 31.5 Å². The SMILES string of the molecule is CCOC(OCC)c1cc2cnc(C#N)cc2[nH]1. The molecule has 1 N–H and O–H groups in total. The van der Waals surface area contributed by atoms with Gasteiger partial charge in [-0.1, -0.05) is 0 Å². The van der Waals surface area contributed by atoms with Gasteiger partial charge in [-0.2, -0.15) is 5.26 Å². The van der Waals surface area contributed by atoms with Crippen molar-refractivity contribution in [3.8, 4) is 6.07 Å². The molecular formula is C13H15N3O2. The van der Waals surface area contributed by atoms with Crippen molar-refractivity contribution in [3.63, 3.8) is 0 Å². The van der Waals surface area contributed by atoms with Crippen LogP contribution in [0.15, 0.2) is 18.3 Å². The Labute approximate surface area is 105 Å². The highest BCUT2D eigenvalue weighted by Crippen LogP contribution is 2.23. The minimum Gasteiger partial charge on any atom is -0.354 e. The number of hydrogen-bond donors (Lipinski definition) is 1. The molecule has 0 amide bonds. The fourth-order valence-electron chi connectivity index (χ4n) is 1.77. The lowest BCUT2D eigenvalue weighted by molar-refractivity contribution is -0.142. The second kappa shape index (κ2) is 5.63. The van der Waals surface area contributed by atoms with Crippen LogP contribution in [0, 0.1) is 11.3 Å². The summed E-state index contributed by atoms with van der Waals surface area (Å²) in [6.45, 7) is 4.98. The minimum absolute atomic E-state index is 0.389. The molecule has 18 heavy (non-hydrogen) atoms. The molecule has 0 aliphatic carbocycles. The summed E-state index contributed by atoms with van der Waals surface area (Å²) in [5.41, 5.74) is 2.09. The zero-order valence-corrected chi connectivity index (χ0v) is 10.4.